The van der Waals surface area contributed by atoms with Gasteiger partial charge in [-0.3, -0.25) is 4.79 Å². The molecule has 2 heterocycles. The SMILES string of the molecule is O=C(Cc1csc(-c2ccccc2)n1)N1CC[C@@](O)(c2ccccc2)[C@@H]2CCCCC21. The fraction of sp³-hybridized carbons (Fsp3) is 0.385. The van der Waals surface area contributed by atoms with Gasteiger partial charge in [-0.2, -0.15) is 0 Å². The van der Waals surface area contributed by atoms with Gasteiger partial charge in [0.25, 0.3) is 0 Å². The number of likely N-dealkylation sites (tertiary alicyclic amines) is 1. The normalized spacial score (nSPS) is 25.8. The summed E-state index contributed by atoms with van der Waals surface area (Å²) in [5, 5.41) is 14.7. The molecule has 160 valence electrons. The second-order valence-corrected chi connectivity index (χ2v) is 9.63. The van der Waals surface area contributed by atoms with Crippen LogP contribution in [0.3, 0.4) is 0 Å². The highest BCUT2D eigenvalue weighted by molar-refractivity contribution is 7.13. The average molecular weight is 433 g/mol. The van der Waals surface area contributed by atoms with Crippen LogP contribution in [0.15, 0.2) is 66.0 Å². The zero-order valence-corrected chi connectivity index (χ0v) is 18.4. The van der Waals surface area contributed by atoms with Crippen LogP contribution in [0.25, 0.3) is 10.6 Å². The van der Waals surface area contributed by atoms with Crippen LogP contribution in [0.2, 0.25) is 0 Å². The van der Waals surface area contributed by atoms with Crippen molar-refractivity contribution in [2.45, 2.75) is 50.2 Å². The summed E-state index contributed by atoms with van der Waals surface area (Å²) < 4.78 is 0. The molecule has 3 atom stereocenters. The molecule has 5 rings (SSSR count). The summed E-state index contributed by atoms with van der Waals surface area (Å²) in [6.07, 6.45) is 5.09. The maximum atomic E-state index is 13.3. The lowest BCUT2D eigenvalue weighted by atomic mass is 9.66. The summed E-state index contributed by atoms with van der Waals surface area (Å²) in [6.45, 7) is 0.598. The number of piperidine rings is 1. The Labute approximate surface area is 187 Å². The van der Waals surface area contributed by atoms with E-state index in [4.69, 9.17) is 4.98 Å². The highest BCUT2D eigenvalue weighted by atomic mass is 32.1. The predicted molar refractivity (Wildman–Crippen MR) is 124 cm³/mol. The molecule has 1 saturated heterocycles. The Balaban J connectivity index is 1.34. The molecule has 3 aromatic rings. The van der Waals surface area contributed by atoms with Crippen LogP contribution in [-0.2, 0) is 16.8 Å². The quantitative estimate of drug-likeness (QED) is 0.629. The number of amides is 1. The lowest BCUT2D eigenvalue weighted by Gasteiger charge is -2.52. The highest BCUT2D eigenvalue weighted by Crippen LogP contribution is 2.47. The summed E-state index contributed by atoms with van der Waals surface area (Å²) in [6, 6.07) is 20.2. The van der Waals surface area contributed by atoms with E-state index in [1.807, 2.05) is 70.9 Å². The lowest BCUT2D eigenvalue weighted by molar-refractivity contribution is -0.154. The minimum Gasteiger partial charge on any atom is -0.385 e. The molecule has 1 unspecified atom stereocenters. The molecule has 1 aliphatic carbocycles. The first-order valence-electron chi connectivity index (χ1n) is 11.2. The van der Waals surface area contributed by atoms with E-state index in [1.165, 1.54) is 0 Å². The molecule has 1 N–H and O–H groups in total. The van der Waals surface area contributed by atoms with Gasteiger partial charge in [-0.05, 0) is 24.8 Å². The fourth-order valence-electron chi connectivity index (χ4n) is 5.44. The van der Waals surface area contributed by atoms with E-state index in [2.05, 4.69) is 0 Å². The van der Waals surface area contributed by atoms with E-state index >= 15 is 0 Å². The maximum absolute atomic E-state index is 13.3. The molecule has 0 spiro atoms. The van der Waals surface area contributed by atoms with Gasteiger partial charge in [0.15, 0.2) is 0 Å². The Morgan fingerprint density at radius 2 is 1.77 bits per heavy atom. The Morgan fingerprint density at radius 3 is 2.55 bits per heavy atom. The van der Waals surface area contributed by atoms with Crippen molar-refractivity contribution in [3.05, 3.63) is 77.3 Å². The van der Waals surface area contributed by atoms with E-state index in [0.717, 1.165) is 47.5 Å². The van der Waals surface area contributed by atoms with Gasteiger partial charge >= 0.3 is 0 Å². The van der Waals surface area contributed by atoms with Crippen molar-refractivity contribution >= 4 is 17.2 Å². The van der Waals surface area contributed by atoms with Crippen LogP contribution in [0.4, 0.5) is 0 Å². The summed E-state index contributed by atoms with van der Waals surface area (Å²) in [4.78, 5) is 20.1. The van der Waals surface area contributed by atoms with Crippen LogP contribution < -0.4 is 0 Å². The molecular formula is C26H28N2O2S. The first-order chi connectivity index (χ1) is 15.1. The van der Waals surface area contributed by atoms with Crippen molar-refractivity contribution in [2.24, 2.45) is 5.92 Å². The molecule has 2 fully saturated rings. The second kappa shape index (κ2) is 8.56. The van der Waals surface area contributed by atoms with Crippen LogP contribution in [-0.4, -0.2) is 33.5 Å². The Bertz CT molecular complexity index is 1040. The number of carbonyl (C=O) groups is 1. The molecule has 4 nitrogen and oxygen atoms in total. The number of nitrogens with zero attached hydrogens (tertiary/aromatic N) is 2. The van der Waals surface area contributed by atoms with Crippen LogP contribution in [0.5, 0.6) is 0 Å². The summed E-state index contributed by atoms with van der Waals surface area (Å²) in [5.41, 5.74) is 2.07. The Hall–Kier alpha value is -2.50. The molecule has 2 aromatic carbocycles. The van der Waals surface area contributed by atoms with Gasteiger partial charge in [-0.25, -0.2) is 4.98 Å². The number of benzene rings is 2. The van der Waals surface area contributed by atoms with Crippen molar-refractivity contribution in [1.29, 1.82) is 0 Å². The molecule has 0 bridgehead atoms. The zero-order valence-electron chi connectivity index (χ0n) is 17.6. The Morgan fingerprint density at radius 1 is 1.06 bits per heavy atom. The number of hydrogen-bond donors (Lipinski definition) is 1. The van der Waals surface area contributed by atoms with Crippen LogP contribution in [0.1, 0.15) is 43.4 Å². The average Bonchev–Trinajstić information content (AvgIpc) is 3.29. The van der Waals surface area contributed by atoms with Crippen molar-refractivity contribution in [1.82, 2.24) is 9.88 Å². The monoisotopic (exact) mass is 432 g/mol. The van der Waals surface area contributed by atoms with E-state index in [1.54, 1.807) is 11.3 Å². The van der Waals surface area contributed by atoms with Gasteiger partial charge in [0, 0.05) is 29.4 Å². The first kappa shape index (κ1) is 20.4. The number of carbonyl (C=O) groups excluding carboxylic acids is 1. The van der Waals surface area contributed by atoms with Crippen molar-refractivity contribution in [3.8, 4) is 10.6 Å². The van der Waals surface area contributed by atoms with Gasteiger partial charge < -0.3 is 10.0 Å². The number of aromatic nitrogens is 1. The van der Waals surface area contributed by atoms with Crippen LogP contribution in [0, 0.1) is 5.92 Å². The maximum Gasteiger partial charge on any atom is 0.228 e. The van der Waals surface area contributed by atoms with E-state index in [0.29, 0.717) is 19.4 Å². The summed E-state index contributed by atoms with van der Waals surface area (Å²) in [5.74, 6) is 0.230. The summed E-state index contributed by atoms with van der Waals surface area (Å²) >= 11 is 1.59. The van der Waals surface area contributed by atoms with E-state index < -0.39 is 5.60 Å². The molecule has 1 saturated carbocycles. The number of rotatable bonds is 4. The molecule has 2 aliphatic rings. The third-order valence-electron chi connectivity index (χ3n) is 6.98. The number of aliphatic hydroxyl groups is 1. The van der Waals surface area contributed by atoms with E-state index in [-0.39, 0.29) is 17.9 Å². The molecule has 1 aliphatic heterocycles. The lowest BCUT2D eigenvalue weighted by Crippen LogP contribution is -2.59. The molecule has 31 heavy (non-hydrogen) atoms. The zero-order chi connectivity index (χ0) is 21.3. The minimum atomic E-state index is -0.843. The van der Waals surface area contributed by atoms with Gasteiger partial charge in [-0.15, -0.1) is 11.3 Å². The Kier molecular flexibility index (Phi) is 5.63. The summed E-state index contributed by atoms with van der Waals surface area (Å²) in [7, 11) is 0. The van der Waals surface area contributed by atoms with E-state index in [9.17, 15) is 9.90 Å². The number of fused-ring (bicyclic) bond motifs is 1. The standard InChI is InChI=1S/C26H28N2O2S/c29-24(17-21-18-31-25(27-21)19-9-3-1-4-10-19)28-16-15-26(30,20-11-5-2-6-12-20)22-13-7-8-14-23(22)28/h1-6,9-12,18,22-23,30H,7-8,13-17H2/t22-,23?,26-/m1/s1. The molecular weight excluding hydrogens is 404 g/mol. The molecule has 1 aromatic heterocycles. The topological polar surface area (TPSA) is 53.4 Å². The number of hydrogen-bond acceptors (Lipinski definition) is 4. The third-order valence-corrected chi connectivity index (χ3v) is 7.92. The molecule has 0 radical (unpaired) electrons. The van der Waals surface area contributed by atoms with Gasteiger partial charge in [0.2, 0.25) is 5.91 Å². The van der Waals surface area contributed by atoms with Gasteiger partial charge in [0.05, 0.1) is 17.7 Å². The smallest absolute Gasteiger partial charge is 0.228 e. The van der Waals surface area contributed by atoms with Gasteiger partial charge in [0.1, 0.15) is 5.01 Å². The predicted octanol–water partition coefficient (Wildman–Crippen LogP) is 5.03. The minimum absolute atomic E-state index is 0.0941. The van der Waals surface area contributed by atoms with Crippen molar-refractivity contribution in [3.63, 3.8) is 0 Å². The largest absolute Gasteiger partial charge is 0.385 e. The first-order valence-corrected chi connectivity index (χ1v) is 12.1. The van der Waals surface area contributed by atoms with Crippen molar-refractivity contribution in [2.75, 3.05) is 6.54 Å². The number of thiazole rings is 1. The third kappa shape index (κ3) is 3.92. The van der Waals surface area contributed by atoms with Crippen LogP contribution >= 0.6 is 11.3 Å². The van der Waals surface area contributed by atoms with Gasteiger partial charge in [-0.1, -0.05) is 73.5 Å². The second-order valence-electron chi connectivity index (χ2n) is 8.77. The highest BCUT2D eigenvalue weighted by Gasteiger charge is 2.50. The molecule has 1 amide bonds. The fourth-order valence-corrected chi connectivity index (χ4v) is 6.26. The molecule has 5 heteroatoms. The van der Waals surface area contributed by atoms with Crippen molar-refractivity contribution < 1.29 is 9.90 Å².